The summed E-state index contributed by atoms with van der Waals surface area (Å²) in [5, 5.41) is 11.8. The zero-order valence-electron chi connectivity index (χ0n) is 14.6. The summed E-state index contributed by atoms with van der Waals surface area (Å²) in [5.74, 6) is 1.15. The van der Waals surface area contributed by atoms with Crippen LogP contribution in [0.25, 0.3) is 0 Å². The second kappa shape index (κ2) is 8.15. The Hall–Kier alpha value is -1.07. The number of rotatable bonds is 8. The van der Waals surface area contributed by atoms with Gasteiger partial charge in [0.05, 0.1) is 6.61 Å². The molecule has 5 nitrogen and oxygen atoms in total. The van der Waals surface area contributed by atoms with Gasteiger partial charge in [0.1, 0.15) is 0 Å². The third-order valence-corrected chi connectivity index (χ3v) is 4.50. The fourth-order valence-electron chi connectivity index (χ4n) is 2.60. The van der Waals surface area contributed by atoms with Crippen molar-refractivity contribution in [3.63, 3.8) is 0 Å². The first-order chi connectivity index (χ1) is 10.9. The van der Waals surface area contributed by atoms with Crippen LogP contribution < -0.4 is 5.32 Å². The maximum atomic E-state index is 12.3. The first kappa shape index (κ1) is 18.3. The molecule has 0 aromatic carbocycles. The third kappa shape index (κ3) is 6.15. The number of allylic oxidation sites excluding steroid dienone is 1. The molecule has 132 valence electrons. The van der Waals surface area contributed by atoms with Crippen LogP contribution in [0.2, 0.25) is 0 Å². The molecular weight excluding hydrogens is 294 g/mol. The number of nitrogens with one attached hydrogen (secondary N) is 1. The predicted octanol–water partition coefficient (Wildman–Crippen LogP) is 2.59. The lowest BCUT2D eigenvalue weighted by atomic mass is 9.77. The van der Waals surface area contributed by atoms with Gasteiger partial charge in [0, 0.05) is 19.6 Å². The second-order valence-electron chi connectivity index (χ2n) is 7.74. The largest absolute Gasteiger partial charge is 0.459 e. The number of carbonyl (C=O) groups excluding carboxylic acids is 1. The zero-order valence-corrected chi connectivity index (χ0v) is 14.6. The van der Waals surface area contributed by atoms with Crippen LogP contribution in [0.5, 0.6) is 0 Å². The van der Waals surface area contributed by atoms with Gasteiger partial charge in [-0.05, 0) is 49.0 Å². The van der Waals surface area contributed by atoms with Crippen LogP contribution in [0.4, 0.5) is 0 Å². The van der Waals surface area contributed by atoms with E-state index in [4.69, 9.17) is 14.6 Å². The highest BCUT2D eigenvalue weighted by molar-refractivity contribution is 5.91. The molecule has 23 heavy (non-hydrogen) atoms. The van der Waals surface area contributed by atoms with Crippen LogP contribution >= 0.6 is 0 Å². The van der Waals surface area contributed by atoms with Crippen molar-refractivity contribution >= 4 is 5.91 Å². The monoisotopic (exact) mass is 325 g/mol. The Morgan fingerprint density at radius 3 is 2.74 bits per heavy atom. The quantitative estimate of drug-likeness (QED) is 0.673. The summed E-state index contributed by atoms with van der Waals surface area (Å²) in [6.07, 6.45) is 6.26. The van der Waals surface area contributed by atoms with Crippen LogP contribution in [0, 0.1) is 17.3 Å². The lowest BCUT2D eigenvalue weighted by Gasteiger charge is -2.35. The Kier molecular flexibility index (Phi) is 6.48. The minimum atomic E-state index is -0.385. The van der Waals surface area contributed by atoms with Crippen LogP contribution in [0.1, 0.15) is 52.9 Å². The van der Waals surface area contributed by atoms with Crippen LogP contribution in [0.15, 0.2) is 11.8 Å². The lowest BCUT2D eigenvalue weighted by Crippen LogP contribution is -2.37. The Morgan fingerprint density at radius 2 is 2.13 bits per heavy atom. The van der Waals surface area contributed by atoms with Gasteiger partial charge in [0.25, 0.3) is 5.91 Å². The number of aliphatic hydroxyl groups excluding tert-OH is 1. The van der Waals surface area contributed by atoms with E-state index < -0.39 is 0 Å². The van der Waals surface area contributed by atoms with Gasteiger partial charge < -0.3 is 19.9 Å². The van der Waals surface area contributed by atoms with Gasteiger partial charge in [0.15, 0.2) is 5.76 Å². The minimum Gasteiger partial charge on any atom is -0.459 e. The summed E-state index contributed by atoms with van der Waals surface area (Å²) in [6, 6.07) is 0. The molecule has 1 amide bonds. The summed E-state index contributed by atoms with van der Waals surface area (Å²) in [6.45, 7) is 7.96. The summed E-state index contributed by atoms with van der Waals surface area (Å²) in [4.78, 5) is 12.3. The lowest BCUT2D eigenvalue weighted by molar-refractivity contribution is -0.153. The zero-order chi connectivity index (χ0) is 16.9. The van der Waals surface area contributed by atoms with E-state index >= 15 is 0 Å². The van der Waals surface area contributed by atoms with Gasteiger partial charge in [-0.3, -0.25) is 4.79 Å². The molecule has 1 heterocycles. The molecule has 0 aromatic heterocycles. The van der Waals surface area contributed by atoms with E-state index in [1.807, 2.05) is 6.08 Å². The number of unbranched alkanes of at least 4 members (excludes halogenated alkanes) is 1. The van der Waals surface area contributed by atoms with Gasteiger partial charge in [-0.2, -0.15) is 0 Å². The smallest absolute Gasteiger partial charge is 0.286 e. The molecule has 0 saturated heterocycles. The molecule has 2 N–H and O–H groups in total. The predicted molar refractivity (Wildman–Crippen MR) is 88.5 cm³/mol. The summed E-state index contributed by atoms with van der Waals surface area (Å²) < 4.78 is 11.5. The number of hydrogen-bond acceptors (Lipinski definition) is 4. The summed E-state index contributed by atoms with van der Waals surface area (Å²) >= 11 is 0. The van der Waals surface area contributed by atoms with Gasteiger partial charge in [-0.25, -0.2) is 0 Å². The van der Waals surface area contributed by atoms with Crippen molar-refractivity contribution in [3.8, 4) is 0 Å². The molecule has 0 bridgehead atoms. The molecule has 0 aromatic rings. The number of ether oxygens (including phenoxy) is 2. The minimum absolute atomic E-state index is 0.0541. The molecule has 1 saturated carbocycles. The van der Waals surface area contributed by atoms with Crippen LogP contribution in [0.3, 0.4) is 0 Å². The van der Waals surface area contributed by atoms with Crippen molar-refractivity contribution in [2.45, 2.75) is 59.2 Å². The van der Waals surface area contributed by atoms with Gasteiger partial charge in [-0.1, -0.05) is 20.8 Å². The summed E-state index contributed by atoms with van der Waals surface area (Å²) in [5.41, 5.74) is 0.0541. The van der Waals surface area contributed by atoms with Gasteiger partial charge >= 0.3 is 0 Å². The highest BCUT2D eigenvalue weighted by atomic mass is 16.7. The Labute approximate surface area is 139 Å². The van der Waals surface area contributed by atoms with E-state index in [9.17, 15) is 4.79 Å². The SMILES string of the molecule is CC(C)(C)[C@@H]1C=C(C(=O)NCC2CC2)O[C@H](OCCCCO)C1. The molecule has 5 heteroatoms. The first-order valence-electron chi connectivity index (χ1n) is 8.79. The van der Waals surface area contributed by atoms with E-state index in [-0.39, 0.29) is 30.1 Å². The van der Waals surface area contributed by atoms with Crippen LogP contribution in [-0.2, 0) is 14.3 Å². The number of aliphatic hydroxyl groups is 1. The molecule has 1 aliphatic carbocycles. The van der Waals surface area contributed by atoms with Gasteiger partial charge in [0.2, 0.25) is 6.29 Å². The first-order valence-corrected chi connectivity index (χ1v) is 8.79. The fourth-order valence-corrected chi connectivity index (χ4v) is 2.60. The Morgan fingerprint density at radius 1 is 1.39 bits per heavy atom. The van der Waals surface area contributed by atoms with Crippen molar-refractivity contribution in [1.29, 1.82) is 0 Å². The third-order valence-electron chi connectivity index (χ3n) is 4.50. The highest BCUT2D eigenvalue weighted by Gasteiger charge is 2.34. The molecule has 1 fully saturated rings. The Bertz CT molecular complexity index is 423. The molecular formula is C18H31NO4. The van der Waals surface area contributed by atoms with Crippen molar-refractivity contribution in [1.82, 2.24) is 5.32 Å². The van der Waals surface area contributed by atoms with E-state index in [2.05, 4.69) is 26.1 Å². The maximum absolute atomic E-state index is 12.3. The van der Waals surface area contributed by atoms with E-state index in [0.29, 0.717) is 18.3 Å². The standard InChI is InChI=1S/C18H31NO4/c1-18(2,3)14-10-15(17(21)19-12-13-6-7-13)23-16(11-14)22-9-5-4-8-20/h10,13-14,16,20H,4-9,11-12H2,1-3H3,(H,19,21)/t14-,16+/m1/s1. The number of carbonyl (C=O) groups is 1. The van der Waals surface area contributed by atoms with Crippen molar-refractivity contribution in [2.75, 3.05) is 19.8 Å². The number of amides is 1. The van der Waals surface area contributed by atoms with E-state index in [1.54, 1.807) is 0 Å². The van der Waals surface area contributed by atoms with Crippen molar-refractivity contribution in [2.24, 2.45) is 17.3 Å². The summed E-state index contributed by atoms with van der Waals surface area (Å²) in [7, 11) is 0. The number of hydrogen-bond donors (Lipinski definition) is 2. The maximum Gasteiger partial charge on any atom is 0.286 e. The van der Waals surface area contributed by atoms with E-state index in [0.717, 1.165) is 25.8 Å². The molecule has 0 spiro atoms. The molecule has 0 radical (unpaired) electrons. The topological polar surface area (TPSA) is 67.8 Å². The van der Waals surface area contributed by atoms with Gasteiger partial charge in [-0.15, -0.1) is 0 Å². The fraction of sp³-hybridized carbons (Fsp3) is 0.833. The molecule has 2 atom stereocenters. The molecule has 1 aliphatic heterocycles. The molecule has 2 aliphatic rings. The van der Waals surface area contributed by atoms with Crippen molar-refractivity contribution < 1.29 is 19.4 Å². The average Bonchev–Trinajstić information content (AvgIpc) is 3.32. The Balaban J connectivity index is 1.93. The molecule has 2 rings (SSSR count). The highest BCUT2D eigenvalue weighted by Crippen LogP contribution is 2.36. The average molecular weight is 325 g/mol. The van der Waals surface area contributed by atoms with Crippen molar-refractivity contribution in [3.05, 3.63) is 11.8 Å². The second-order valence-corrected chi connectivity index (χ2v) is 7.74. The normalized spacial score (nSPS) is 24.8. The molecule has 0 unspecified atom stereocenters. The van der Waals surface area contributed by atoms with Crippen LogP contribution in [-0.4, -0.2) is 37.1 Å². The van der Waals surface area contributed by atoms with E-state index in [1.165, 1.54) is 12.8 Å².